The maximum atomic E-state index is 6.17. The molecule has 2 aliphatic rings. The number of hydrogen-bond donors (Lipinski definition) is 1. The first-order chi connectivity index (χ1) is 10.2. The zero-order valence-electron chi connectivity index (χ0n) is 13.6. The number of nitrogens with zero attached hydrogens (tertiary/aromatic N) is 2. The van der Waals surface area contributed by atoms with Crippen molar-refractivity contribution in [2.24, 2.45) is 17.1 Å². The van der Waals surface area contributed by atoms with Crippen molar-refractivity contribution in [2.75, 3.05) is 6.54 Å². The lowest BCUT2D eigenvalue weighted by Gasteiger charge is -2.39. The molecule has 3 nitrogen and oxygen atoms in total. The minimum atomic E-state index is 0.320. The zero-order valence-corrected chi connectivity index (χ0v) is 13.6. The van der Waals surface area contributed by atoms with Crippen LogP contribution in [0.3, 0.4) is 0 Å². The molecule has 1 heterocycles. The van der Waals surface area contributed by atoms with Gasteiger partial charge in [0.05, 0.1) is 11.7 Å². The largest absolute Gasteiger partial charge is 0.330 e. The Labute approximate surface area is 129 Å². The standard InChI is InChI=1S/C18H31N3/c1-2-15-7-10-18(14-19,11-8-15)13-16-9-12-21(20-16)17-5-3-4-6-17/h9,12,15,17H,2-8,10-11,13-14,19H2,1H3. The van der Waals surface area contributed by atoms with Crippen LogP contribution >= 0.6 is 0 Å². The van der Waals surface area contributed by atoms with Gasteiger partial charge in [0.1, 0.15) is 0 Å². The van der Waals surface area contributed by atoms with Gasteiger partial charge in [0.25, 0.3) is 0 Å². The molecule has 0 aliphatic heterocycles. The van der Waals surface area contributed by atoms with Crippen LogP contribution in [-0.2, 0) is 6.42 Å². The van der Waals surface area contributed by atoms with E-state index in [0.29, 0.717) is 11.5 Å². The lowest BCUT2D eigenvalue weighted by Crippen LogP contribution is -2.37. The Hall–Kier alpha value is -0.830. The molecule has 2 N–H and O–H groups in total. The van der Waals surface area contributed by atoms with Gasteiger partial charge in [-0.2, -0.15) is 5.10 Å². The number of rotatable bonds is 5. The minimum absolute atomic E-state index is 0.320. The van der Waals surface area contributed by atoms with Gasteiger partial charge in [-0.3, -0.25) is 4.68 Å². The lowest BCUT2D eigenvalue weighted by molar-refractivity contribution is 0.152. The van der Waals surface area contributed by atoms with E-state index in [2.05, 4.69) is 23.9 Å². The lowest BCUT2D eigenvalue weighted by atomic mass is 9.67. The van der Waals surface area contributed by atoms with E-state index < -0.39 is 0 Å². The summed E-state index contributed by atoms with van der Waals surface area (Å²) < 4.78 is 2.23. The van der Waals surface area contributed by atoms with Gasteiger partial charge in [0.15, 0.2) is 0 Å². The highest BCUT2D eigenvalue weighted by Crippen LogP contribution is 2.41. The third-order valence-electron chi connectivity index (χ3n) is 6.09. The predicted molar refractivity (Wildman–Crippen MR) is 87.2 cm³/mol. The molecule has 0 spiro atoms. The summed E-state index contributed by atoms with van der Waals surface area (Å²) in [6.45, 7) is 3.14. The summed E-state index contributed by atoms with van der Waals surface area (Å²) in [4.78, 5) is 0. The molecule has 1 aromatic rings. The fraction of sp³-hybridized carbons (Fsp3) is 0.833. The fourth-order valence-corrected chi connectivity index (χ4v) is 4.38. The van der Waals surface area contributed by atoms with E-state index in [4.69, 9.17) is 10.8 Å². The molecule has 21 heavy (non-hydrogen) atoms. The third-order valence-corrected chi connectivity index (χ3v) is 6.09. The van der Waals surface area contributed by atoms with Crippen molar-refractivity contribution < 1.29 is 0 Å². The summed E-state index contributed by atoms with van der Waals surface area (Å²) in [5.74, 6) is 0.931. The van der Waals surface area contributed by atoms with Gasteiger partial charge < -0.3 is 5.73 Å². The second-order valence-electron chi connectivity index (χ2n) is 7.46. The van der Waals surface area contributed by atoms with Crippen LogP contribution in [0.4, 0.5) is 0 Å². The van der Waals surface area contributed by atoms with Gasteiger partial charge in [-0.05, 0) is 68.9 Å². The maximum Gasteiger partial charge on any atom is 0.0630 e. The van der Waals surface area contributed by atoms with Crippen LogP contribution in [0.5, 0.6) is 0 Å². The van der Waals surface area contributed by atoms with Gasteiger partial charge in [0, 0.05) is 6.20 Å². The van der Waals surface area contributed by atoms with Crippen LogP contribution in [0.2, 0.25) is 0 Å². The van der Waals surface area contributed by atoms with Crippen molar-refractivity contribution in [2.45, 2.75) is 77.2 Å². The van der Waals surface area contributed by atoms with E-state index in [-0.39, 0.29) is 0 Å². The van der Waals surface area contributed by atoms with Crippen molar-refractivity contribution in [3.8, 4) is 0 Å². The molecule has 0 bridgehead atoms. The molecule has 0 saturated heterocycles. The van der Waals surface area contributed by atoms with Gasteiger partial charge in [-0.25, -0.2) is 0 Å². The van der Waals surface area contributed by atoms with Crippen molar-refractivity contribution >= 4 is 0 Å². The highest BCUT2D eigenvalue weighted by molar-refractivity contribution is 5.05. The van der Waals surface area contributed by atoms with Crippen LogP contribution in [0, 0.1) is 11.3 Å². The Morgan fingerprint density at radius 1 is 1.24 bits per heavy atom. The molecular formula is C18H31N3. The fourth-order valence-electron chi connectivity index (χ4n) is 4.38. The monoisotopic (exact) mass is 289 g/mol. The van der Waals surface area contributed by atoms with E-state index in [1.54, 1.807) is 0 Å². The normalized spacial score (nSPS) is 30.9. The van der Waals surface area contributed by atoms with Crippen molar-refractivity contribution in [1.29, 1.82) is 0 Å². The Kier molecular flexibility index (Phi) is 4.68. The van der Waals surface area contributed by atoms with E-state index in [0.717, 1.165) is 18.9 Å². The topological polar surface area (TPSA) is 43.8 Å². The second-order valence-corrected chi connectivity index (χ2v) is 7.46. The summed E-state index contributed by atoms with van der Waals surface area (Å²) in [5.41, 5.74) is 7.75. The Morgan fingerprint density at radius 3 is 2.57 bits per heavy atom. The Bertz CT molecular complexity index is 437. The Morgan fingerprint density at radius 2 is 1.95 bits per heavy atom. The quantitative estimate of drug-likeness (QED) is 0.887. The molecule has 3 heteroatoms. The molecule has 0 unspecified atom stereocenters. The third kappa shape index (κ3) is 3.33. The molecular weight excluding hydrogens is 258 g/mol. The molecule has 3 rings (SSSR count). The van der Waals surface area contributed by atoms with Crippen molar-refractivity contribution in [3.05, 3.63) is 18.0 Å². The molecule has 0 amide bonds. The molecule has 0 aromatic carbocycles. The summed E-state index contributed by atoms with van der Waals surface area (Å²) in [5, 5.41) is 4.88. The summed E-state index contributed by atoms with van der Waals surface area (Å²) >= 11 is 0. The highest BCUT2D eigenvalue weighted by Gasteiger charge is 2.34. The highest BCUT2D eigenvalue weighted by atomic mass is 15.3. The van der Waals surface area contributed by atoms with Gasteiger partial charge >= 0.3 is 0 Å². The van der Waals surface area contributed by atoms with Gasteiger partial charge in [-0.15, -0.1) is 0 Å². The average molecular weight is 289 g/mol. The first-order valence-corrected chi connectivity index (χ1v) is 8.99. The van der Waals surface area contributed by atoms with Crippen LogP contribution in [0.15, 0.2) is 12.3 Å². The van der Waals surface area contributed by atoms with E-state index in [1.165, 1.54) is 63.5 Å². The molecule has 118 valence electrons. The molecule has 2 aliphatic carbocycles. The first-order valence-electron chi connectivity index (χ1n) is 8.99. The van der Waals surface area contributed by atoms with Crippen molar-refractivity contribution in [1.82, 2.24) is 9.78 Å². The maximum absolute atomic E-state index is 6.17. The first kappa shape index (κ1) is 15.1. The molecule has 2 saturated carbocycles. The van der Waals surface area contributed by atoms with Crippen molar-refractivity contribution in [3.63, 3.8) is 0 Å². The molecule has 2 fully saturated rings. The zero-order chi connectivity index (χ0) is 14.7. The molecule has 1 aromatic heterocycles. The summed E-state index contributed by atoms with van der Waals surface area (Å²) in [6.07, 6.45) is 15.3. The molecule has 0 radical (unpaired) electrons. The minimum Gasteiger partial charge on any atom is -0.330 e. The summed E-state index contributed by atoms with van der Waals surface area (Å²) in [6, 6.07) is 2.89. The van der Waals surface area contributed by atoms with Crippen LogP contribution in [0.25, 0.3) is 0 Å². The van der Waals surface area contributed by atoms with Crippen LogP contribution in [0.1, 0.15) is 76.4 Å². The number of nitrogens with two attached hydrogens (primary N) is 1. The van der Waals surface area contributed by atoms with Gasteiger partial charge in [0.2, 0.25) is 0 Å². The number of aromatic nitrogens is 2. The van der Waals surface area contributed by atoms with Gasteiger partial charge in [-0.1, -0.05) is 26.2 Å². The number of hydrogen-bond acceptors (Lipinski definition) is 2. The summed E-state index contributed by atoms with van der Waals surface area (Å²) in [7, 11) is 0. The smallest absolute Gasteiger partial charge is 0.0630 e. The van der Waals surface area contributed by atoms with E-state index in [9.17, 15) is 0 Å². The van der Waals surface area contributed by atoms with Crippen LogP contribution in [-0.4, -0.2) is 16.3 Å². The van der Waals surface area contributed by atoms with E-state index in [1.807, 2.05) is 0 Å². The SMILES string of the molecule is CCC1CCC(CN)(Cc2ccn(C3CCCC3)n2)CC1. The van der Waals surface area contributed by atoms with E-state index >= 15 is 0 Å². The average Bonchev–Trinajstić information content (AvgIpc) is 3.19. The predicted octanol–water partition coefficient (Wildman–Crippen LogP) is 4.09. The second kappa shape index (κ2) is 6.51. The van der Waals surface area contributed by atoms with Crippen LogP contribution < -0.4 is 5.73 Å². The molecule has 0 atom stereocenters. The Balaban J connectivity index is 1.64.